The zero-order valence-corrected chi connectivity index (χ0v) is 11.4. The van der Waals surface area contributed by atoms with Crippen LogP contribution in [0.15, 0.2) is 52.4 Å². The van der Waals surface area contributed by atoms with Crippen molar-refractivity contribution in [1.29, 1.82) is 0 Å². The smallest absolute Gasteiger partial charge is 0.261 e. The Morgan fingerprint density at radius 3 is 2.90 bits per heavy atom. The Morgan fingerprint density at radius 2 is 2.14 bits per heavy atom. The lowest BCUT2D eigenvalue weighted by Gasteiger charge is -2.05. The molecule has 0 saturated heterocycles. The second-order valence-corrected chi connectivity index (χ2v) is 4.71. The number of benzene rings is 1. The number of hydrogen-bond acceptors (Lipinski definition) is 4. The molecule has 3 rings (SSSR count). The highest BCUT2D eigenvalue weighted by Gasteiger charge is 2.10. The quantitative estimate of drug-likeness (QED) is 0.708. The van der Waals surface area contributed by atoms with Crippen LogP contribution in [0.5, 0.6) is 5.75 Å². The number of aromatic nitrogens is 2. The number of hydrogen-bond donors (Lipinski definition) is 2. The Kier molecular flexibility index (Phi) is 3.23. The summed E-state index contributed by atoms with van der Waals surface area (Å²) in [7, 11) is 0. The van der Waals surface area contributed by atoms with Crippen LogP contribution in [-0.4, -0.2) is 21.3 Å². The lowest BCUT2D eigenvalue weighted by molar-refractivity contribution is 0.479. The van der Waals surface area contributed by atoms with E-state index in [1.54, 1.807) is 30.5 Å². The van der Waals surface area contributed by atoms with Gasteiger partial charge in [-0.05, 0) is 31.2 Å². The number of aryl methyl sites for hydroxylation is 1. The van der Waals surface area contributed by atoms with Gasteiger partial charge in [-0.3, -0.25) is 4.79 Å². The van der Waals surface area contributed by atoms with Crippen molar-refractivity contribution in [3.05, 3.63) is 64.1 Å². The number of aromatic amines is 1. The summed E-state index contributed by atoms with van der Waals surface area (Å²) in [4.78, 5) is 22.9. The predicted molar refractivity (Wildman–Crippen MR) is 82.5 cm³/mol. The molecule has 5 heteroatoms. The van der Waals surface area contributed by atoms with Gasteiger partial charge in [0.15, 0.2) is 5.82 Å². The molecule has 0 amide bonds. The zero-order chi connectivity index (χ0) is 14.8. The van der Waals surface area contributed by atoms with E-state index >= 15 is 0 Å². The molecule has 0 saturated carbocycles. The SMILES string of the molecule is Cc1ccc2[nH]c(=O)c(/C=N/c3ccccn3)c(O)c2c1. The van der Waals surface area contributed by atoms with E-state index in [-0.39, 0.29) is 16.9 Å². The van der Waals surface area contributed by atoms with Gasteiger partial charge in [0.05, 0.1) is 5.52 Å². The maximum atomic E-state index is 12.0. The number of rotatable bonds is 2. The summed E-state index contributed by atoms with van der Waals surface area (Å²) < 4.78 is 0. The first-order valence-electron chi connectivity index (χ1n) is 6.46. The van der Waals surface area contributed by atoms with Crippen LogP contribution in [0.25, 0.3) is 10.9 Å². The molecule has 2 N–H and O–H groups in total. The van der Waals surface area contributed by atoms with Gasteiger partial charge in [0.25, 0.3) is 5.56 Å². The molecule has 0 spiro atoms. The van der Waals surface area contributed by atoms with Crippen molar-refractivity contribution in [3.8, 4) is 5.75 Å². The van der Waals surface area contributed by atoms with Gasteiger partial charge in [0.1, 0.15) is 11.3 Å². The van der Waals surface area contributed by atoms with Gasteiger partial charge >= 0.3 is 0 Å². The molecule has 2 heterocycles. The fraction of sp³-hybridized carbons (Fsp3) is 0.0625. The summed E-state index contributed by atoms with van der Waals surface area (Å²) in [5, 5.41) is 10.9. The first-order chi connectivity index (χ1) is 10.1. The maximum Gasteiger partial charge on any atom is 0.261 e. The summed E-state index contributed by atoms with van der Waals surface area (Å²) in [6.45, 7) is 1.92. The number of aromatic hydroxyl groups is 1. The van der Waals surface area contributed by atoms with E-state index in [2.05, 4.69) is 15.0 Å². The number of pyridine rings is 2. The Morgan fingerprint density at radius 1 is 1.29 bits per heavy atom. The molecular formula is C16H13N3O2. The minimum atomic E-state index is -0.386. The average molecular weight is 279 g/mol. The third kappa shape index (κ3) is 2.53. The number of nitrogens with zero attached hydrogens (tertiary/aromatic N) is 2. The third-order valence-electron chi connectivity index (χ3n) is 3.15. The van der Waals surface area contributed by atoms with Crippen LogP contribution in [0, 0.1) is 6.92 Å². The Hall–Kier alpha value is -2.95. The van der Waals surface area contributed by atoms with Gasteiger partial charge < -0.3 is 10.1 Å². The summed E-state index contributed by atoms with van der Waals surface area (Å²) in [5.41, 5.74) is 1.33. The summed E-state index contributed by atoms with van der Waals surface area (Å²) >= 11 is 0. The molecule has 5 nitrogen and oxygen atoms in total. The molecule has 0 unspecified atom stereocenters. The monoisotopic (exact) mass is 279 g/mol. The standard InChI is InChI=1S/C16H13N3O2/c1-10-5-6-13-11(8-10)15(20)12(16(21)19-13)9-18-14-4-2-3-7-17-14/h2-9H,1H3,(H2,19,20,21)/b18-9+. The van der Waals surface area contributed by atoms with Crippen LogP contribution < -0.4 is 5.56 Å². The molecule has 0 aliphatic carbocycles. The van der Waals surface area contributed by atoms with E-state index in [0.717, 1.165) is 5.56 Å². The Balaban J connectivity index is 2.14. The van der Waals surface area contributed by atoms with Crippen LogP contribution in [0.3, 0.4) is 0 Å². The van der Waals surface area contributed by atoms with E-state index in [4.69, 9.17) is 0 Å². The van der Waals surface area contributed by atoms with Crippen molar-refractivity contribution in [2.24, 2.45) is 4.99 Å². The van der Waals surface area contributed by atoms with Crippen molar-refractivity contribution in [1.82, 2.24) is 9.97 Å². The largest absolute Gasteiger partial charge is 0.506 e. The van der Waals surface area contributed by atoms with Gasteiger partial charge in [-0.2, -0.15) is 0 Å². The van der Waals surface area contributed by atoms with Gasteiger partial charge in [-0.1, -0.05) is 17.7 Å². The first kappa shape index (κ1) is 13.1. The van der Waals surface area contributed by atoms with Gasteiger partial charge in [0, 0.05) is 17.8 Å². The molecule has 21 heavy (non-hydrogen) atoms. The molecular weight excluding hydrogens is 266 g/mol. The highest BCUT2D eigenvalue weighted by molar-refractivity contribution is 5.95. The Bertz CT molecular complexity index is 883. The summed E-state index contributed by atoms with van der Waals surface area (Å²) in [6, 6.07) is 10.8. The normalized spacial score (nSPS) is 11.3. The van der Waals surface area contributed by atoms with Crippen LogP contribution in [0.1, 0.15) is 11.1 Å². The second kappa shape index (κ2) is 5.20. The van der Waals surface area contributed by atoms with Crippen molar-refractivity contribution in [3.63, 3.8) is 0 Å². The highest BCUT2D eigenvalue weighted by Crippen LogP contribution is 2.25. The number of fused-ring (bicyclic) bond motifs is 1. The molecule has 0 aliphatic rings. The lowest BCUT2D eigenvalue weighted by Crippen LogP contribution is -2.12. The topological polar surface area (TPSA) is 78.3 Å². The fourth-order valence-corrected chi connectivity index (χ4v) is 2.09. The summed E-state index contributed by atoms with van der Waals surface area (Å²) in [5.74, 6) is 0.401. The zero-order valence-electron chi connectivity index (χ0n) is 11.4. The number of nitrogens with one attached hydrogen (secondary N) is 1. The van der Waals surface area contributed by atoms with Crippen molar-refractivity contribution < 1.29 is 5.11 Å². The molecule has 0 fully saturated rings. The van der Waals surface area contributed by atoms with Crippen LogP contribution in [-0.2, 0) is 0 Å². The van der Waals surface area contributed by atoms with E-state index in [0.29, 0.717) is 16.7 Å². The molecule has 1 aromatic carbocycles. The lowest BCUT2D eigenvalue weighted by atomic mass is 10.1. The van der Waals surface area contributed by atoms with Crippen molar-refractivity contribution in [2.75, 3.05) is 0 Å². The van der Waals surface area contributed by atoms with E-state index < -0.39 is 0 Å². The fourth-order valence-electron chi connectivity index (χ4n) is 2.09. The third-order valence-corrected chi connectivity index (χ3v) is 3.15. The van der Waals surface area contributed by atoms with E-state index in [1.807, 2.05) is 19.1 Å². The molecule has 0 atom stereocenters. The molecule has 0 bridgehead atoms. The number of H-pyrrole nitrogens is 1. The molecule has 0 aliphatic heterocycles. The molecule has 2 aromatic heterocycles. The van der Waals surface area contributed by atoms with Crippen molar-refractivity contribution >= 4 is 22.9 Å². The predicted octanol–water partition coefficient (Wildman–Crippen LogP) is 2.69. The van der Waals surface area contributed by atoms with Crippen LogP contribution in [0.2, 0.25) is 0 Å². The van der Waals surface area contributed by atoms with Crippen molar-refractivity contribution in [2.45, 2.75) is 6.92 Å². The average Bonchev–Trinajstić information content (AvgIpc) is 2.49. The van der Waals surface area contributed by atoms with Crippen LogP contribution >= 0.6 is 0 Å². The highest BCUT2D eigenvalue weighted by atomic mass is 16.3. The van der Waals surface area contributed by atoms with Gasteiger partial charge in [-0.25, -0.2) is 9.98 Å². The van der Waals surface area contributed by atoms with E-state index in [9.17, 15) is 9.90 Å². The van der Waals surface area contributed by atoms with Gasteiger partial charge in [0.2, 0.25) is 0 Å². The van der Waals surface area contributed by atoms with E-state index in [1.165, 1.54) is 6.21 Å². The molecule has 104 valence electrons. The van der Waals surface area contributed by atoms with Gasteiger partial charge in [-0.15, -0.1) is 0 Å². The maximum absolute atomic E-state index is 12.0. The number of aliphatic imine (C=N–C) groups is 1. The molecule has 3 aromatic rings. The second-order valence-electron chi connectivity index (χ2n) is 4.71. The minimum absolute atomic E-state index is 0.0721. The Labute approximate surface area is 120 Å². The summed E-state index contributed by atoms with van der Waals surface area (Å²) in [6.07, 6.45) is 2.94. The first-order valence-corrected chi connectivity index (χ1v) is 6.46. The minimum Gasteiger partial charge on any atom is -0.506 e. The van der Waals surface area contributed by atoms with Crippen LogP contribution in [0.4, 0.5) is 5.82 Å². The molecule has 0 radical (unpaired) electrons.